The molecule has 248 valence electrons. The van der Waals surface area contributed by atoms with Crippen LogP contribution < -0.4 is 0 Å². The van der Waals surface area contributed by atoms with Crippen molar-refractivity contribution in [3.63, 3.8) is 0 Å². The molecule has 0 spiro atoms. The second kappa shape index (κ2) is 10.4. The minimum absolute atomic E-state index is 0.548. The average molecular weight is 734 g/mol. The molecular weight excluding hydrogens is 707 g/mol. The Bertz CT molecular complexity index is 2980. The van der Waals surface area contributed by atoms with Crippen molar-refractivity contribution in [3.8, 4) is 33.4 Å². The number of hydrogen-bond acceptors (Lipinski definition) is 0. The summed E-state index contributed by atoms with van der Waals surface area (Å²) in [7, 11) is 0. The second-order valence-corrected chi connectivity index (χ2v) is 15.8. The fourth-order valence-electron chi connectivity index (χ4n) is 10.9. The minimum Gasteiger partial charge on any atom is -0.0837 e. The normalized spacial score (nSPS) is 18.6. The average Bonchev–Trinajstić information content (AvgIpc) is 3.73. The summed E-state index contributed by atoms with van der Waals surface area (Å²) < 4.78 is 0. The molecule has 0 atom stereocenters. The Morgan fingerprint density at radius 3 is 1.21 bits per heavy atom. The predicted octanol–water partition coefficient (Wildman–Crippen LogP) is 14.4. The van der Waals surface area contributed by atoms with Crippen LogP contribution in [-0.4, -0.2) is 0 Å². The number of hydrogen-bond donors (Lipinski definition) is 0. The van der Waals surface area contributed by atoms with Crippen LogP contribution in [0.3, 0.4) is 0 Å². The van der Waals surface area contributed by atoms with Crippen LogP contribution in [0.2, 0.25) is 15.1 Å². The number of rotatable bonds is 3. The summed E-state index contributed by atoms with van der Waals surface area (Å²) in [6.07, 6.45) is 0. The Morgan fingerprint density at radius 1 is 0.283 bits per heavy atom. The monoisotopic (exact) mass is 732 g/mol. The SMILES string of the molecule is Clc1ccccc1-c1ccc2cccc3c2c1C12c4ccc(-c5ccccc5Cl)c5cccc(c45)C31c1cccc3c(-c4ccccc4Cl)ccc2c13. The van der Waals surface area contributed by atoms with Gasteiger partial charge in [0.15, 0.2) is 0 Å². The highest BCUT2D eigenvalue weighted by atomic mass is 35.5. The summed E-state index contributed by atoms with van der Waals surface area (Å²) in [4.78, 5) is 0. The zero-order valence-corrected chi connectivity index (χ0v) is 30.5. The van der Waals surface area contributed by atoms with Crippen molar-refractivity contribution in [1.82, 2.24) is 0 Å². The van der Waals surface area contributed by atoms with Gasteiger partial charge in [-0.2, -0.15) is 0 Å². The van der Waals surface area contributed by atoms with Crippen LogP contribution in [0.15, 0.2) is 164 Å². The van der Waals surface area contributed by atoms with E-state index in [-0.39, 0.29) is 0 Å². The molecule has 0 unspecified atom stereocenters. The van der Waals surface area contributed by atoms with Gasteiger partial charge in [-0.1, -0.05) is 180 Å². The van der Waals surface area contributed by atoms with E-state index in [4.69, 9.17) is 34.8 Å². The molecule has 0 amide bonds. The minimum atomic E-state index is -0.591. The van der Waals surface area contributed by atoms with Gasteiger partial charge < -0.3 is 0 Å². The Balaban J connectivity index is 1.32. The first-order chi connectivity index (χ1) is 26.1. The largest absolute Gasteiger partial charge is 0.0837 e. The summed E-state index contributed by atoms with van der Waals surface area (Å²) in [6.45, 7) is 0. The predicted molar refractivity (Wildman–Crippen MR) is 223 cm³/mol. The van der Waals surface area contributed by atoms with Crippen LogP contribution >= 0.6 is 34.8 Å². The van der Waals surface area contributed by atoms with E-state index in [1.807, 2.05) is 36.4 Å². The van der Waals surface area contributed by atoms with Crippen molar-refractivity contribution < 1.29 is 0 Å². The van der Waals surface area contributed by atoms with E-state index in [1.165, 1.54) is 71.3 Å². The van der Waals surface area contributed by atoms with Gasteiger partial charge in [0, 0.05) is 31.8 Å². The van der Waals surface area contributed by atoms with Crippen molar-refractivity contribution in [2.45, 2.75) is 10.8 Å². The molecule has 0 nitrogen and oxygen atoms in total. The zero-order valence-electron chi connectivity index (χ0n) is 28.2. The van der Waals surface area contributed by atoms with Gasteiger partial charge in [-0.05, 0) is 101 Å². The van der Waals surface area contributed by atoms with E-state index >= 15 is 0 Å². The van der Waals surface area contributed by atoms with E-state index in [0.717, 1.165) is 42.9 Å². The van der Waals surface area contributed by atoms with E-state index in [1.54, 1.807) is 0 Å². The van der Waals surface area contributed by atoms with Gasteiger partial charge >= 0.3 is 0 Å². The molecule has 3 aliphatic rings. The molecule has 12 rings (SSSR count). The molecule has 3 aliphatic carbocycles. The summed E-state index contributed by atoms with van der Waals surface area (Å²) in [5.41, 5.74) is 13.4. The van der Waals surface area contributed by atoms with Gasteiger partial charge in [0.2, 0.25) is 0 Å². The van der Waals surface area contributed by atoms with Crippen LogP contribution in [0.1, 0.15) is 33.4 Å². The number of halogens is 3. The lowest BCUT2D eigenvalue weighted by Crippen LogP contribution is -2.42. The third-order valence-corrected chi connectivity index (χ3v) is 13.6. The smallest absolute Gasteiger partial charge is 0.0654 e. The van der Waals surface area contributed by atoms with Crippen molar-refractivity contribution in [2.24, 2.45) is 0 Å². The van der Waals surface area contributed by atoms with Crippen molar-refractivity contribution in [2.75, 3.05) is 0 Å². The molecule has 0 N–H and O–H groups in total. The Morgan fingerprint density at radius 2 is 0.698 bits per heavy atom. The van der Waals surface area contributed by atoms with E-state index in [2.05, 4.69) is 127 Å². The second-order valence-electron chi connectivity index (χ2n) is 14.6. The molecule has 0 heterocycles. The highest BCUT2D eigenvalue weighted by molar-refractivity contribution is 6.35. The molecule has 0 saturated carbocycles. The first-order valence-electron chi connectivity index (χ1n) is 18.0. The third-order valence-electron chi connectivity index (χ3n) is 12.6. The van der Waals surface area contributed by atoms with Crippen molar-refractivity contribution >= 4 is 67.1 Å². The lowest BCUT2D eigenvalue weighted by atomic mass is 9.58. The fourth-order valence-corrected chi connectivity index (χ4v) is 11.6. The van der Waals surface area contributed by atoms with Gasteiger partial charge in [0.25, 0.3) is 0 Å². The Hall–Kier alpha value is -5.37. The standard InChI is InChI=1S/C50H27Cl3/c51-42-19-4-1-11-31(42)29-24-26-40-46-34(29)14-8-17-38(46)49-37-16-7-10-28-22-23-36(33-13-3-6-21-44(33)53)48(45(28)37)50(40,49)41-27-25-30(32-12-2-5-20-43(32)52)35-15-9-18-39(49)47(35)41/h1-27H. The lowest BCUT2D eigenvalue weighted by molar-refractivity contribution is 0.492. The quantitative estimate of drug-likeness (QED) is 0.170. The molecular formula is C50H27Cl3. The van der Waals surface area contributed by atoms with Gasteiger partial charge in [-0.3, -0.25) is 0 Å². The number of benzene rings is 9. The zero-order chi connectivity index (χ0) is 35.2. The van der Waals surface area contributed by atoms with Crippen molar-refractivity contribution in [3.05, 3.63) is 212 Å². The Labute approximate surface area is 321 Å². The van der Waals surface area contributed by atoms with Crippen molar-refractivity contribution in [1.29, 1.82) is 0 Å². The van der Waals surface area contributed by atoms with E-state index in [0.29, 0.717) is 0 Å². The molecule has 9 aromatic carbocycles. The van der Waals surface area contributed by atoms with Crippen LogP contribution in [0.25, 0.3) is 65.7 Å². The molecule has 3 heteroatoms. The summed E-state index contributed by atoms with van der Waals surface area (Å²) in [5, 5.41) is 9.86. The molecule has 0 aromatic heterocycles. The van der Waals surface area contributed by atoms with Gasteiger partial charge in [-0.15, -0.1) is 0 Å². The molecule has 0 fully saturated rings. The summed E-state index contributed by atoms with van der Waals surface area (Å²) in [6, 6.07) is 59.5. The molecule has 0 saturated heterocycles. The van der Waals surface area contributed by atoms with Crippen LogP contribution in [0, 0.1) is 0 Å². The van der Waals surface area contributed by atoms with E-state index in [9.17, 15) is 0 Å². The van der Waals surface area contributed by atoms with Crippen LogP contribution in [0.4, 0.5) is 0 Å². The van der Waals surface area contributed by atoms with E-state index < -0.39 is 10.8 Å². The highest BCUT2D eigenvalue weighted by Gasteiger charge is 2.70. The fraction of sp³-hybridized carbons (Fsp3) is 0.0400. The summed E-state index contributed by atoms with van der Waals surface area (Å²) >= 11 is 21.0. The highest BCUT2D eigenvalue weighted by Crippen LogP contribution is 2.77. The molecule has 0 bridgehead atoms. The molecule has 0 radical (unpaired) electrons. The maximum Gasteiger partial charge on any atom is 0.0654 e. The van der Waals surface area contributed by atoms with Gasteiger partial charge in [0.1, 0.15) is 0 Å². The first-order valence-corrected chi connectivity index (χ1v) is 19.1. The summed E-state index contributed by atoms with van der Waals surface area (Å²) in [5.74, 6) is 0. The van der Waals surface area contributed by atoms with Crippen LogP contribution in [0.5, 0.6) is 0 Å². The maximum atomic E-state index is 7.16. The third kappa shape index (κ3) is 3.39. The van der Waals surface area contributed by atoms with Gasteiger partial charge in [0.05, 0.1) is 10.8 Å². The Kier molecular flexibility index (Phi) is 5.91. The maximum absolute atomic E-state index is 7.16. The topological polar surface area (TPSA) is 0 Å². The lowest BCUT2D eigenvalue weighted by Gasteiger charge is -2.41. The van der Waals surface area contributed by atoms with Crippen LogP contribution in [-0.2, 0) is 10.8 Å². The van der Waals surface area contributed by atoms with Gasteiger partial charge in [-0.25, -0.2) is 0 Å². The molecule has 0 aliphatic heterocycles. The first kappa shape index (κ1) is 30.1. The molecule has 9 aromatic rings. The molecule has 53 heavy (non-hydrogen) atoms.